The van der Waals surface area contributed by atoms with Crippen molar-refractivity contribution in [3.05, 3.63) is 51.0 Å². The number of phenolic OH excluding ortho intramolecular Hbond substituents is 1. The van der Waals surface area contributed by atoms with Crippen molar-refractivity contribution in [3.63, 3.8) is 0 Å². The highest BCUT2D eigenvalue weighted by atomic mass is 79.9. The molecule has 0 aromatic heterocycles. The molecule has 0 saturated carbocycles. The van der Waals surface area contributed by atoms with Gasteiger partial charge in [-0.1, -0.05) is 11.6 Å². The van der Waals surface area contributed by atoms with Crippen molar-refractivity contribution in [2.75, 3.05) is 7.11 Å². The Kier molecular flexibility index (Phi) is 4.68. The minimum absolute atomic E-state index is 0.0357. The Balaban J connectivity index is 2.32. The summed E-state index contributed by atoms with van der Waals surface area (Å²) in [5, 5.41) is 10.2. The van der Waals surface area contributed by atoms with Gasteiger partial charge >= 0.3 is 0 Å². The van der Waals surface area contributed by atoms with Crippen LogP contribution in [0.4, 0.5) is 5.69 Å². The molecule has 2 aromatic rings. The van der Waals surface area contributed by atoms with Gasteiger partial charge in [0.1, 0.15) is 11.5 Å². The van der Waals surface area contributed by atoms with Crippen molar-refractivity contribution < 1.29 is 9.84 Å². The number of aliphatic imine (C=N–C) groups is 1. The minimum Gasteiger partial charge on any atom is -0.506 e. The van der Waals surface area contributed by atoms with Gasteiger partial charge in [-0.05, 0) is 58.7 Å². The standard InChI is InChI=1S/C15H13BrClNO2/c1-9-5-10(15(19)13(17)6-9)8-18-11-3-4-14(20-2)12(16)7-11/h3-8,19H,1-2H3. The van der Waals surface area contributed by atoms with Crippen molar-refractivity contribution in [2.45, 2.75) is 6.92 Å². The summed E-state index contributed by atoms with van der Waals surface area (Å²) in [5.74, 6) is 0.777. The van der Waals surface area contributed by atoms with Gasteiger partial charge < -0.3 is 9.84 Å². The molecule has 0 bridgehead atoms. The van der Waals surface area contributed by atoms with E-state index in [2.05, 4.69) is 20.9 Å². The average Bonchev–Trinajstić information content (AvgIpc) is 2.41. The van der Waals surface area contributed by atoms with Crippen molar-refractivity contribution in [1.29, 1.82) is 0 Å². The summed E-state index contributed by atoms with van der Waals surface area (Å²) in [4.78, 5) is 4.33. The minimum atomic E-state index is 0.0357. The third-order valence-electron chi connectivity index (χ3n) is 2.73. The monoisotopic (exact) mass is 353 g/mol. The molecule has 104 valence electrons. The van der Waals surface area contributed by atoms with E-state index in [1.807, 2.05) is 31.2 Å². The molecular weight excluding hydrogens is 342 g/mol. The number of methoxy groups -OCH3 is 1. The number of aryl methyl sites for hydroxylation is 1. The van der Waals surface area contributed by atoms with Crippen LogP contribution >= 0.6 is 27.5 Å². The number of hydrogen-bond donors (Lipinski definition) is 1. The molecule has 0 radical (unpaired) electrons. The molecule has 0 aliphatic carbocycles. The lowest BCUT2D eigenvalue weighted by molar-refractivity contribution is 0.412. The van der Waals surface area contributed by atoms with Crippen LogP contribution in [0.3, 0.4) is 0 Å². The van der Waals surface area contributed by atoms with Gasteiger partial charge in [0.05, 0.1) is 22.3 Å². The van der Waals surface area contributed by atoms with Gasteiger partial charge in [-0.3, -0.25) is 4.99 Å². The number of phenols is 1. The fraction of sp³-hybridized carbons (Fsp3) is 0.133. The topological polar surface area (TPSA) is 41.8 Å². The summed E-state index contributed by atoms with van der Waals surface area (Å²) in [5.41, 5.74) is 2.29. The van der Waals surface area contributed by atoms with Gasteiger partial charge in [0.25, 0.3) is 0 Å². The quantitative estimate of drug-likeness (QED) is 0.799. The van der Waals surface area contributed by atoms with E-state index in [0.717, 1.165) is 21.5 Å². The molecule has 0 unspecified atom stereocenters. The van der Waals surface area contributed by atoms with E-state index in [1.54, 1.807) is 19.4 Å². The van der Waals surface area contributed by atoms with Crippen LogP contribution in [0.25, 0.3) is 0 Å². The highest BCUT2D eigenvalue weighted by Crippen LogP contribution is 2.30. The molecule has 0 fully saturated rings. The van der Waals surface area contributed by atoms with Crippen molar-refractivity contribution in [1.82, 2.24) is 0 Å². The number of ether oxygens (including phenoxy) is 1. The van der Waals surface area contributed by atoms with E-state index >= 15 is 0 Å². The Morgan fingerprint density at radius 1 is 1.30 bits per heavy atom. The second-order valence-electron chi connectivity index (χ2n) is 4.26. The van der Waals surface area contributed by atoms with Crippen molar-refractivity contribution >= 4 is 39.4 Å². The highest BCUT2D eigenvalue weighted by molar-refractivity contribution is 9.10. The lowest BCUT2D eigenvalue weighted by Gasteiger charge is -2.04. The molecule has 0 spiro atoms. The number of aromatic hydroxyl groups is 1. The molecule has 0 aliphatic rings. The second kappa shape index (κ2) is 6.29. The van der Waals surface area contributed by atoms with Crippen LogP contribution in [-0.4, -0.2) is 18.4 Å². The molecule has 1 N–H and O–H groups in total. The van der Waals surface area contributed by atoms with Gasteiger partial charge in [0.2, 0.25) is 0 Å². The second-order valence-corrected chi connectivity index (χ2v) is 5.52. The zero-order valence-corrected chi connectivity index (χ0v) is 13.4. The first-order chi connectivity index (χ1) is 9.51. The Morgan fingerprint density at radius 2 is 2.05 bits per heavy atom. The maximum Gasteiger partial charge on any atom is 0.142 e. The smallest absolute Gasteiger partial charge is 0.142 e. The largest absolute Gasteiger partial charge is 0.506 e. The number of rotatable bonds is 3. The van der Waals surface area contributed by atoms with E-state index in [9.17, 15) is 5.11 Å². The van der Waals surface area contributed by atoms with E-state index in [1.165, 1.54) is 0 Å². The number of benzene rings is 2. The number of nitrogens with zero attached hydrogens (tertiary/aromatic N) is 1. The predicted molar refractivity (Wildman–Crippen MR) is 85.8 cm³/mol. The van der Waals surface area contributed by atoms with E-state index < -0.39 is 0 Å². The maximum atomic E-state index is 9.88. The molecule has 0 saturated heterocycles. The molecule has 0 aliphatic heterocycles. The summed E-state index contributed by atoms with van der Waals surface area (Å²) >= 11 is 9.33. The van der Waals surface area contributed by atoms with Crippen LogP contribution in [-0.2, 0) is 0 Å². The van der Waals surface area contributed by atoms with Crippen LogP contribution in [0.1, 0.15) is 11.1 Å². The van der Waals surface area contributed by atoms with Crippen LogP contribution < -0.4 is 4.74 Å². The first-order valence-corrected chi connectivity index (χ1v) is 7.05. The summed E-state index contributed by atoms with van der Waals surface area (Å²) in [6.45, 7) is 1.91. The lowest BCUT2D eigenvalue weighted by Crippen LogP contribution is -1.86. The van der Waals surface area contributed by atoms with Crippen LogP contribution in [0.2, 0.25) is 5.02 Å². The van der Waals surface area contributed by atoms with Gasteiger partial charge in [0.15, 0.2) is 0 Å². The molecule has 0 atom stereocenters. The highest BCUT2D eigenvalue weighted by Gasteiger charge is 2.05. The fourth-order valence-corrected chi connectivity index (χ4v) is 2.55. The fourth-order valence-electron chi connectivity index (χ4n) is 1.74. The summed E-state index contributed by atoms with van der Waals surface area (Å²) in [6, 6.07) is 9.01. The average molecular weight is 355 g/mol. The Labute approximate surface area is 131 Å². The maximum absolute atomic E-state index is 9.88. The summed E-state index contributed by atoms with van der Waals surface area (Å²) < 4.78 is 5.98. The Hall–Kier alpha value is -1.52. The van der Waals surface area contributed by atoms with Gasteiger partial charge in [-0.25, -0.2) is 0 Å². The third-order valence-corrected chi connectivity index (χ3v) is 3.63. The van der Waals surface area contributed by atoms with E-state index in [4.69, 9.17) is 16.3 Å². The number of hydrogen-bond acceptors (Lipinski definition) is 3. The van der Waals surface area contributed by atoms with Crippen LogP contribution in [0, 0.1) is 6.92 Å². The third kappa shape index (κ3) is 3.32. The Morgan fingerprint density at radius 3 is 2.70 bits per heavy atom. The van der Waals surface area contributed by atoms with Crippen LogP contribution in [0.5, 0.6) is 11.5 Å². The molecule has 3 nitrogen and oxygen atoms in total. The Bertz CT molecular complexity index is 671. The lowest BCUT2D eigenvalue weighted by atomic mass is 10.1. The zero-order chi connectivity index (χ0) is 14.7. The molecule has 0 heterocycles. The molecule has 20 heavy (non-hydrogen) atoms. The SMILES string of the molecule is COc1ccc(N=Cc2cc(C)cc(Cl)c2O)cc1Br. The van der Waals surface area contributed by atoms with Crippen LogP contribution in [0.15, 0.2) is 39.8 Å². The molecule has 2 aromatic carbocycles. The summed E-state index contributed by atoms with van der Waals surface area (Å²) in [7, 11) is 1.61. The normalized spacial score (nSPS) is 11.0. The summed E-state index contributed by atoms with van der Waals surface area (Å²) in [6.07, 6.45) is 1.59. The van der Waals surface area contributed by atoms with E-state index in [0.29, 0.717) is 10.6 Å². The van der Waals surface area contributed by atoms with Gasteiger partial charge in [-0.2, -0.15) is 0 Å². The number of halogens is 2. The van der Waals surface area contributed by atoms with Crippen molar-refractivity contribution in [3.8, 4) is 11.5 Å². The first-order valence-electron chi connectivity index (χ1n) is 5.88. The zero-order valence-electron chi connectivity index (χ0n) is 11.0. The molecule has 2 rings (SSSR count). The van der Waals surface area contributed by atoms with Crippen molar-refractivity contribution in [2.24, 2.45) is 4.99 Å². The van der Waals surface area contributed by atoms with E-state index in [-0.39, 0.29) is 5.75 Å². The molecule has 0 amide bonds. The van der Waals surface area contributed by atoms with Gasteiger partial charge in [-0.15, -0.1) is 0 Å². The molecule has 5 heteroatoms. The molecular formula is C15H13BrClNO2. The first kappa shape index (κ1) is 14.9. The predicted octanol–water partition coefficient (Wildman–Crippen LogP) is 4.88. The van der Waals surface area contributed by atoms with Gasteiger partial charge in [0, 0.05) is 11.8 Å².